The molecule has 0 aliphatic rings. The van der Waals surface area contributed by atoms with Crippen LogP contribution in [0.1, 0.15) is 181 Å². The van der Waals surface area contributed by atoms with Gasteiger partial charge in [-0.25, -0.2) is 0 Å². The van der Waals surface area contributed by atoms with Crippen LogP contribution in [0, 0.1) is 11.8 Å². The van der Waals surface area contributed by atoms with Crippen LogP contribution in [0.15, 0.2) is 0 Å². The second-order valence-electron chi connectivity index (χ2n) is 9.63. The van der Waals surface area contributed by atoms with E-state index in [1.165, 1.54) is 154 Å². The van der Waals surface area contributed by atoms with E-state index >= 15 is 0 Å². The first-order valence-corrected chi connectivity index (χ1v) is 14.4. The van der Waals surface area contributed by atoms with Gasteiger partial charge in [0.25, 0.3) is 0 Å². The average molecular weight is 419 g/mol. The van der Waals surface area contributed by atoms with Gasteiger partial charge in [0.15, 0.2) is 0 Å². The van der Waals surface area contributed by atoms with Crippen molar-refractivity contribution in [2.45, 2.75) is 181 Å². The quantitative estimate of drug-likeness (QED) is 0.108. The molecule has 30 heavy (non-hydrogen) atoms. The minimum absolute atomic E-state index is 1.13. The summed E-state index contributed by atoms with van der Waals surface area (Å²) < 4.78 is 0. The minimum atomic E-state index is 1.13. The molecule has 0 aromatic carbocycles. The van der Waals surface area contributed by atoms with Crippen molar-refractivity contribution in [3.05, 3.63) is 0 Å². The van der Waals surface area contributed by atoms with Crippen LogP contribution in [0.2, 0.25) is 0 Å². The summed E-state index contributed by atoms with van der Waals surface area (Å²) in [5.74, 6) is 6.82. The fourth-order valence-corrected chi connectivity index (χ4v) is 4.29. The van der Waals surface area contributed by atoms with Crippen molar-refractivity contribution < 1.29 is 0 Å². The summed E-state index contributed by atoms with van der Waals surface area (Å²) in [6.45, 7) is 4.59. The van der Waals surface area contributed by atoms with Gasteiger partial charge < -0.3 is 0 Å². The smallest absolute Gasteiger partial charge is 0.00886 e. The van der Waals surface area contributed by atoms with Crippen LogP contribution in [-0.4, -0.2) is 0 Å². The van der Waals surface area contributed by atoms with Crippen molar-refractivity contribution >= 4 is 0 Å². The first-order valence-electron chi connectivity index (χ1n) is 14.4. The van der Waals surface area contributed by atoms with E-state index in [0.717, 1.165) is 12.8 Å². The van der Waals surface area contributed by atoms with Crippen molar-refractivity contribution in [3.63, 3.8) is 0 Å². The van der Waals surface area contributed by atoms with Crippen molar-refractivity contribution in [2.24, 2.45) is 0 Å². The molecule has 0 atom stereocenters. The van der Waals surface area contributed by atoms with Crippen molar-refractivity contribution in [1.82, 2.24) is 0 Å². The third kappa shape index (κ3) is 27.6. The van der Waals surface area contributed by atoms with Gasteiger partial charge in [-0.05, 0) is 12.8 Å². The molecule has 0 amide bonds. The molecule has 0 saturated carbocycles. The third-order valence-corrected chi connectivity index (χ3v) is 6.44. The molecular formula is C30H58. The fraction of sp³-hybridized carbons (Fsp3) is 0.933. The highest BCUT2D eigenvalue weighted by molar-refractivity contribution is 4.98. The van der Waals surface area contributed by atoms with Gasteiger partial charge in [-0.2, -0.15) is 0 Å². The lowest BCUT2D eigenvalue weighted by molar-refractivity contribution is 0.536. The Morgan fingerprint density at radius 3 is 0.700 bits per heavy atom. The standard InChI is InChI=1S/C30H58/c1-3-5-7-9-11-13-15-17-19-21-23-25-27-29-30-28-26-24-22-20-18-16-14-12-10-8-6-4-2/h3-25,27,29-30H2,1-2H3. The predicted octanol–water partition coefficient (Wildman–Crippen LogP) is 11.2. The number of hydrogen-bond acceptors (Lipinski definition) is 0. The van der Waals surface area contributed by atoms with Gasteiger partial charge in [0, 0.05) is 12.8 Å². The van der Waals surface area contributed by atoms with Crippen LogP contribution in [0.4, 0.5) is 0 Å². The molecule has 0 bridgehead atoms. The highest BCUT2D eigenvalue weighted by atomic mass is 14.0. The Balaban J connectivity index is 3.08. The first kappa shape index (κ1) is 29.6. The molecule has 178 valence electrons. The zero-order valence-electron chi connectivity index (χ0n) is 21.4. The topological polar surface area (TPSA) is 0 Å². The van der Waals surface area contributed by atoms with Gasteiger partial charge in [0.2, 0.25) is 0 Å². The molecule has 0 unspecified atom stereocenters. The Morgan fingerprint density at radius 2 is 0.467 bits per heavy atom. The predicted molar refractivity (Wildman–Crippen MR) is 139 cm³/mol. The lowest BCUT2D eigenvalue weighted by Crippen LogP contribution is -1.83. The molecule has 0 fully saturated rings. The zero-order chi connectivity index (χ0) is 21.8. The maximum atomic E-state index is 3.41. The summed E-state index contributed by atoms with van der Waals surface area (Å²) in [5.41, 5.74) is 0. The minimum Gasteiger partial charge on any atom is -0.103 e. The van der Waals surface area contributed by atoms with Crippen LogP contribution in [0.25, 0.3) is 0 Å². The Labute approximate surface area is 192 Å². The van der Waals surface area contributed by atoms with E-state index in [4.69, 9.17) is 0 Å². The van der Waals surface area contributed by atoms with Crippen LogP contribution in [0.3, 0.4) is 0 Å². The van der Waals surface area contributed by atoms with Crippen LogP contribution < -0.4 is 0 Å². The second-order valence-corrected chi connectivity index (χ2v) is 9.63. The van der Waals surface area contributed by atoms with Gasteiger partial charge in [0.1, 0.15) is 0 Å². The molecule has 0 saturated heterocycles. The SMILES string of the molecule is CCCCCCCCCCCCC#CCCCCCCCCCCCCCCCC. The second kappa shape index (κ2) is 28.6. The summed E-state index contributed by atoms with van der Waals surface area (Å²) in [4.78, 5) is 0. The molecule has 0 aromatic heterocycles. The third-order valence-electron chi connectivity index (χ3n) is 6.44. The molecule has 0 radical (unpaired) electrons. The van der Waals surface area contributed by atoms with Crippen molar-refractivity contribution in [3.8, 4) is 11.8 Å². The van der Waals surface area contributed by atoms with E-state index in [9.17, 15) is 0 Å². The normalized spacial score (nSPS) is 10.9. The summed E-state index contributed by atoms with van der Waals surface area (Å²) in [5, 5.41) is 0. The van der Waals surface area contributed by atoms with Crippen molar-refractivity contribution in [1.29, 1.82) is 0 Å². The molecule has 0 heterocycles. The molecule has 0 spiro atoms. The van der Waals surface area contributed by atoms with E-state index in [2.05, 4.69) is 25.7 Å². The zero-order valence-corrected chi connectivity index (χ0v) is 21.4. The summed E-state index contributed by atoms with van der Waals surface area (Å²) in [6.07, 6.45) is 36.6. The first-order chi connectivity index (χ1) is 14.9. The molecule has 0 aliphatic heterocycles. The van der Waals surface area contributed by atoms with Crippen LogP contribution >= 0.6 is 0 Å². The molecule has 0 aromatic rings. The maximum Gasteiger partial charge on any atom is 0.00886 e. The van der Waals surface area contributed by atoms with E-state index in [-0.39, 0.29) is 0 Å². The van der Waals surface area contributed by atoms with Gasteiger partial charge in [0.05, 0.1) is 0 Å². The maximum absolute atomic E-state index is 3.41. The number of unbranched alkanes of at least 4 members (excludes halogenated alkanes) is 24. The Bertz CT molecular complexity index is 345. The Kier molecular flexibility index (Phi) is 28.1. The lowest BCUT2D eigenvalue weighted by atomic mass is 10.0. The van der Waals surface area contributed by atoms with E-state index in [0.29, 0.717) is 0 Å². The highest BCUT2D eigenvalue weighted by Gasteiger charge is 1.94. The van der Waals surface area contributed by atoms with E-state index in [1.807, 2.05) is 0 Å². The summed E-state index contributed by atoms with van der Waals surface area (Å²) in [6, 6.07) is 0. The molecular weight excluding hydrogens is 360 g/mol. The van der Waals surface area contributed by atoms with Gasteiger partial charge in [-0.3, -0.25) is 0 Å². The van der Waals surface area contributed by atoms with Gasteiger partial charge >= 0.3 is 0 Å². The lowest BCUT2D eigenvalue weighted by Gasteiger charge is -2.02. The van der Waals surface area contributed by atoms with E-state index < -0.39 is 0 Å². The average Bonchev–Trinajstić information content (AvgIpc) is 2.76. The fourth-order valence-electron chi connectivity index (χ4n) is 4.29. The Morgan fingerprint density at radius 1 is 0.267 bits per heavy atom. The Hall–Kier alpha value is -0.440. The monoisotopic (exact) mass is 418 g/mol. The van der Waals surface area contributed by atoms with Crippen LogP contribution in [0.5, 0.6) is 0 Å². The number of hydrogen-bond donors (Lipinski definition) is 0. The molecule has 0 rings (SSSR count). The van der Waals surface area contributed by atoms with Gasteiger partial charge in [-0.1, -0.05) is 155 Å². The molecule has 0 heteroatoms. The molecule has 0 nitrogen and oxygen atoms in total. The summed E-state index contributed by atoms with van der Waals surface area (Å²) >= 11 is 0. The van der Waals surface area contributed by atoms with E-state index in [1.54, 1.807) is 0 Å². The molecule has 0 aliphatic carbocycles. The van der Waals surface area contributed by atoms with Gasteiger partial charge in [-0.15, -0.1) is 11.8 Å². The molecule has 0 N–H and O–H groups in total. The summed E-state index contributed by atoms with van der Waals surface area (Å²) in [7, 11) is 0. The number of rotatable bonds is 24. The highest BCUT2D eigenvalue weighted by Crippen LogP contribution is 2.13. The van der Waals surface area contributed by atoms with Crippen LogP contribution in [-0.2, 0) is 0 Å². The largest absolute Gasteiger partial charge is 0.103 e. The van der Waals surface area contributed by atoms with Crippen molar-refractivity contribution in [2.75, 3.05) is 0 Å².